The van der Waals surface area contributed by atoms with Gasteiger partial charge in [-0.3, -0.25) is 4.79 Å². The molecule has 3 rings (SSSR count). The number of hydrogen-bond donors (Lipinski definition) is 1. The highest BCUT2D eigenvalue weighted by atomic mass is 32.2. The smallest absolute Gasteiger partial charge is 0.166 e. The van der Waals surface area contributed by atoms with E-state index in [9.17, 15) is 9.00 Å². The Balaban J connectivity index is 2.07. The first kappa shape index (κ1) is 13.4. The van der Waals surface area contributed by atoms with Crippen molar-refractivity contribution >= 4 is 28.6 Å². The third kappa shape index (κ3) is 2.68. The summed E-state index contributed by atoms with van der Waals surface area (Å²) in [5.41, 5.74) is 3.29. The lowest BCUT2D eigenvalue weighted by atomic mass is 10.1. The van der Waals surface area contributed by atoms with Crippen LogP contribution in [0.2, 0.25) is 0 Å². The molecule has 0 aliphatic carbocycles. The number of aromatic nitrogens is 3. The molecule has 0 radical (unpaired) electrons. The van der Waals surface area contributed by atoms with Gasteiger partial charge >= 0.3 is 0 Å². The van der Waals surface area contributed by atoms with Crippen LogP contribution < -0.4 is 4.72 Å². The third-order valence-electron chi connectivity index (χ3n) is 2.94. The summed E-state index contributed by atoms with van der Waals surface area (Å²) < 4.78 is 15.6. The predicted octanol–water partition coefficient (Wildman–Crippen LogP) is 1.91. The number of carbonyl (C=O) groups is 1. The van der Waals surface area contributed by atoms with E-state index in [4.69, 9.17) is 0 Å². The molecule has 0 bridgehead atoms. The highest BCUT2D eigenvalue weighted by Gasteiger charge is 2.07. The lowest BCUT2D eigenvalue weighted by molar-refractivity contribution is 0.112. The molecule has 1 N–H and O–H groups in total. The van der Waals surface area contributed by atoms with E-state index < -0.39 is 11.0 Å². The lowest BCUT2D eigenvalue weighted by Crippen LogP contribution is -2.01. The molecule has 0 saturated heterocycles. The largest absolute Gasteiger partial charge is 0.305 e. The van der Waals surface area contributed by atoms with Gasteiger partial charge in [0.25, 0.3) is 0 Å². The number of benzene rings is 1. The van der Waals surface area contributed by atoms with Crippen LogP contribution in [-0.2, 0) is 11.0 Å². The minimum atomic E-state index is -1.13. The van der Waals surface area contributed by atoms with E-state index in [0.29, 0.717) is 11.2 Å². The first-order chi connectivity index (χ1) is 10.2. The molecule has 0 fully saturated rings. The second-order valence-electron chi connectivity index (χ2n) is 4.44. The van der Waals surface area contributed by atoms with Crippen molar-refractivity contribution in [2.45, 2.75) is 0 Å². The lowest BCUT2D eigenvalue weighted by Gasteiger charge is -2.06. The van der Waals surface area contributed by atoms with Crippen molar-refractivity contribution in [1.82, 2.24) is 14.6 Å². The van der Waals surface area contributed by atoms with Gasteiger partial charge in [0.05, 0.1) is 17.5 Å². The van der Waals surface area contributed by atoms with Gasteiger partial charge in [-0.25, -0.2) is 13.7 Å². The number of anilines is 1. The fourth-order valence-electron chi connectivity index (χ4n) is 2.04. The van der Waals surface area contributed by atoms with E-state index >= 15 is 0 Å². The molecule has 1 aromatic carbocycles. The second-order valence-corrected chi connectivity index (χ2v) is 5.55. The van der Waals surface area contributed by atoms with Crippen molar-refractivity contribution in [1.29, 1.82) is 0 Å². The van der Waals surface area contributed by atoms with Gasteiger partial charge in [-0.2, -0.15) is 5.10 Å². The van der Waals surface area contributed by atoms with Gasteiger partial charge in [0.2, 0.25) is 0 Å². The summed E-state index contributed by atoms with van der Waals surface area (Å²) in [5, 5.41) is 4.05. The maximum atomic E-state index is 11.2. The second kappa shape index (κ2) is 5.45. The molecular formula is C14H12N4O2S. The number of hydrogen-bond acceptors (Lipinski definition) is 4. The van der Waals surface area contributed by atoms with Crippen molar-refractivity contribution in [3.05, 3.63) is 48.3 Å². The standard InChI is InChI=1S/C14H12N4O2S/c1-21(20)17-12-4-2-3-10(7-12)13-5-6-18-14(16-13)11(9-19)8-15-18/h2-9,17H,1H3. The highest BCUT2D eigenvalue weighted by Crippen LogP contribution is 2.22. The van der Waals surface area contributed by atoms with E-state index in [-0.39, 0.29) is 0 Å². The quantitative estimate of drug-likeness (QED) is 0.747. The Hall–Kier alpha value is -2.54. The van der Waals surface area contributed by atoms with Crippen LogP contribution in [-0.4, -0.2) is 31.3 Å². The van der Waals surface area contributed by atoms with E-state index in [1.54, 1.807) is 17.0 Å². The summed E-state index contributed by atoms with van der Waals surface area (Å²) >= 11 is 0. The van der Waals surface area contributed by atoms with Crippen LogP contribution in [0, 0.1) is 0 Å². The minimum Gasteiger partial charge on any atom is -0.305 e. The molecule has 6 nitrogen and oxygen atoms in total. The van der Waals surface area contributed by atoms with Crippen LogP contribution in [0.3, 0.4) is 0 Å². The monoisotopic (exact) mass is 300 g/mol. The summed E-state index contributed by atoms with van der Waals surface area (Å²) in [7, 11) is -1.13. The average Bonchev–Trinajstić information content (AvgIpc) is 2.89. The van der Waals surface area contributed by atoms with Crippen LogP contribution in [0.1, 0.15) is 10.4 Å². The normalized spacial score (nSPS) is 12.2. The summed E-state index contributed by atoms with van der Waals surface area (Å²) in [6.07, 6.45) is 5.54. The number of nitrogens with zero attached hydrogens (tertiary/aromatic N) is 3. The van der Waals surface area contributed by atoms with Crippen LogP contribution >= 0.6 is 0 Å². The zero-order valence-corrected chi connectivity index (χ0v) is 12.0. The van der Waals surface area contributed by atoms with E-state index in [2.05, 4.69) is 14.8 Å². The minimum absolute atomic E-state index is 0.445. The van der Waals surface area contributed by atoms with Crippen molar-refractivity contribution in [3.63, 3.8) is 0 Å². The molecule has 2 heterocycles. The van der Waals surface area contributed by atoms with Crippen LogP contribution in [0.15, 0.2) is 42.7 Å². The van der Waals surface area contributed by atoms with E-state index in [1.807, 2.05) is 30.3 Å². The summed E-state index contributed by atoms with van der Waals surface area (Å²) in [6.45, 7) is 0. The molecule has 0 spiro atoms. The Bertz CT molecular complexity index is 844. The molecule has 7 heteroatoms. The number of fused-ring (bicyclic) bond motifs is 1. The topological polar surface area (TPSA) is 76.4 Å². The van der Waals surface area contributed by atoms with Gasteiger partial charge in [-0.15, -0.1) is 0 Å². The van der Waals surface area contributed by atoms with Crippen LogP contribution in [0.5, 0.6) is 0 Å². The summed E-state index contributed by atoms with van der Waals surface area (Å²) in [5.74, 6) is 0. The average molecular weight is 300 g/mol. The molecular weight excluding hydrogens is 288 g/mol. The van der Waals surface area contributed by atoms with Crippen molar-refractivity contribution in [2.24, 2.45) is 0 Å². The maximum absolute atomic E-state index is 11.2. The zero-order chi connectivity index (χ0) is 14.8. The van der Waals surface area contributed by atoms with E-state index in [1.165, 1.54) is 6.20 Å². The molecule has 1 atom stereocenters. The third-order valence-corrected chi connectivity index (χ3v) is 3.47. The Morgan fingerprint density at radius 1 is 1.33 bits per heavy atom. The van der Waals surface area contributed by atoms with Crippen molar-refractivity contribution in [3.8, 4) is 11.3 Å². The molecule has 3 aromatic rings. The first-order valence-electron chi connectivity index (χ1n) is 6.17. The van der Waals surface area contributed by atoms with Crippen molar-refractivity contribution in [2.75, 3.05) is 11.0 Å². The number of carbonyl (C=O) groups excluding carboxylic acids is 1. The number of aldehydes is 1. The maximum Gasteiger partial charge on any atom is 0.166 e. The Kier molecular flexibility index (Phi) is 3.49. The molecule has 0 saturated carbocycles. The molecule has 0 aliphatic rings. The SMILES string of the molecule is CS(=O)Nc1cccc(-c2ccn3ncc(C=O)c3n2)c1. The predicted molar refractivity (Wildman–Crippen MR) is 81.5 cm³/mol. The zero-order valence-electron chi connectivity index (χ0n) is 11.2. The van der Waals surface area contributed by atoms with Crippen LogP contribution in [0.25, 0.3) is 16.9 Å². The number of rotatable bonds is 4. The molecule has 21 heavy (non-hydrogen) atoms. The molecule has 0 aliphatic heterocycles. The fraction of sp³-hybridized carbons (Fsp3) is 0.0714. The molecule has 2 aromatic heterocycles. The molecule has 1 unspecified atom stereocenters. The molecule has 106 valence electrons. The highest BCUT2D eigenvalue weighted by molar-refractivity contribution is 7.85. The van der Waals surface area contributed by atoms with E-state index in [0.717, 1.165) is 23.2 Å². The van der Waals surface area contributed by atoms with Crippen LogP contribution in [0.4, 0.5) is 5.69 Å². The summed E-state index contributed by atoms with van der Waals surface area (Å²) in [4.78, 5) is 15.4. The first-order valence-corrected chi connectivity index (χ1v) is 7.73. The van der Waals surface area contributed by atoms with Gasteiger partial charge in [0, 0.05) is 23.7 Å². The van der Waals surface area contributed by atoms with Gasteiger partial charge in [0.1, 0.15) is 11.0 Å². The van der Waals surface area contributed by atoms with Gasteiger partial charge in [-0.1, -0.05) is 12.1 Å². The van der Waals surface area contributed by atoms with Gasteiger partial charge in [0.15, 0.2) is 11.9 Å². The number of nitrogens with one attached hydrogen (secondary N) is 1. The van der Waals surface area contributed by atoms with Crippen molar-refractivity contribution < 1.29 is 9.00 Å². The van der Waals surface area contributed by atoms with Gasteiger partial charge in [-0.05, 0) is 18.2 Å². The van der Waals surface area contributed by atoms with Gasteiger partial charge < -0.3 is 4.72 Å². The Labute approximate surface area is 123 Å². The molecule has 0 amide bonds. The Morgan fingerprint density at radius 2 is 2.19 bits per heavy atom. The Morgan fingerprint density at radius 3 is 2.95 bits per heavy atom. The summed E-state index contributed by atoms with van der Waals surface area (Å²) in [6, 6.07) is 9.26. The fourth-order valence-corrected chi connectivity index (χ4v) is 2.50.